The second kappa shape index (κ2) is 11.2. The average molecular weight is 602 g/mol. The van der Waals surface area contributed by atoms with Crippen molar-refractivity contribution in [3.05, 3.63) is 164 Å². The molecule has 220 valence electrons. The van der Waals surface area contributed by atoms with Crippen LogP contribution >= 0.6 is 0 Å². The Morgan fingerprint density at radius 1 is 0.319 bits per heavy atom. The third-order valence-corrected chi connectivity index (χ3v) is 8.71. The summed E-state index contributed by atoms with van der Waals surface area (Å²) in [7, 11) is 0. The molecule has 0 bridgehead atoms. The van der Waals surface area contributed by atoms with Gasteiger partial charge in [0.15, 0.2) is 17.5 Å². The van der Waals surface area contributed by atoms with E-state index in [1.165, 1.54) is 21.7 Å². The Bertz CT molecular complexity index is 2510. The lowest BCUT2D eigenvalue weighted by Gasteiger charge is -2.11. The minimum absolute atomic E-state index is 0.642. The van der Waals surface area contributed by atoms with E-state index in [0.29, 0.717) is 17.5 Å². The van der Waals surface area contributed by atoms with Crippen LogP contribution in [0, 0.1) is 0 Å². The van der Waals surface area contributed by atoms with Gasteiger partial charge in [-0.25, -0.2) is 15.0 Å². The van der Waals surface area contributed by atoms with E-state index >= 15 is 0 Å². The number of aromatic nitrogens is 3. The normalized spacial score (nSPS) is 11.4. The fourth-order valence-electron chi connectivity index (χ4n) is 6.39. The largest absolute Gasteiger partial charge is 0.456 e. The zero-order valence-electron chi connectivity index (χ0n) is 25.3. The second-order valence-corrected chi connectivity index (χ2v) is 11.7. The molecule has 0 atom stereocenters. The summed E-state index contributed by atoms with van der Waals surface area (Å²) in [5.41, 5.74) is 9.22. The molecule has 0 amide bonds. The van der Waals surface area contributed by atoms with Crippen LogP contribution < -0.4 is 0 Å². The van der Waals surface area contributed by atoms with Gasteiger partial charge in [-0.2, -0.15) is 0 Å². The van der Waals surface area contributed by atoms with Gasteiger partial charge >= 0.3 is 0 Å². The molecule has 4 heteroatoms. The highest BCUT2D eigenvalue weighted by Gasteiger charge is 2.14. The predicted molar refractivity (Wildman–Crippen MR) is 192 cm³/mol. The van der Waals surface area contributed by atoms with Gasteiger partial charge in [0.05, 0.1) is 0 Å². The molecule has 0 aliphatic carbocycles. The lowest BCUT2D eigenvalue weighted by Crippen LogP contribution is -2.00. The van der Waals surface area contributed by atoms with E-state index in [9.17, 15) is 0 Å². The third-order valence-electron chi connectivity index (χ3n) is 8.71. The van der Waals surface area contributed by atoms with Crippen LogP contribution in [-0.4, -0.2) is 15.0 Å². The SMILES string of the molecule is c1ccc(-c2nc(-c3ccccc3)nc(-c3cccc(-c4cccc(-c5ccc6c(ccc7oc8ccccc8c76)c5)c4)c3)n2)cc1. The number of para-hydroxylation sites is 1. The number of furan rings is 1. The molecule has 0 N–H and O–H groups in total. The number of rotatable bonds is 5. The smallest absolute Gasteiger partial charge is 0.164 e. The van der Waals surface area contributed by atoms with E-state index in [0.717, 1.165) is 49.9 Å². The summed E-state index contributed by atoms with van der Waals surface area (Å²) in [5, 5.41) is 4.70. The number of fused-ring (bicyclic) bond motifs is 5. The first-order valence-electron chi connectivity index (χ1n) is 15.7. The van der Waals surface area contributed by atoms with Crippen LogP contribution in [0.25, 0.3) is 89.1 Å². The van der Waals surface area contributed by atoms with Crippen molar-refractivity contribution in [1.82, 2.24) is 15.0 Å². The van der Waals surface area contributed by atoms with Gasteiger partial charge in [0.1, 0.15) is 11.2 Å². The van der Waals surface area contributed by atoms with Gasteiger partial charge in [-0.15, -0.1) is 0 Å². The van der Waals surface area contributed by atoms with Crippen molar-refractivity contribution in [3.8, 4) is 56.4 Å². The monoisotopic (exact) mass is 601 g/mol. The zero-order chi connectivity index (χ0) is 31.2. The minimum atomic E-state index is 0.642. The van der Waals surface area contributed by atoms with Crippen molar-refractivity contribution in [1.29, 1.82) is 0 Å². The van der Waals surface area contributed by atoms with Crippen molar-refractivity contribution in [2.45, 2.75) is 0 Å². The quantitative estimate of drug-likeness (QED) is 0.197. The predicted octanol–water partition coefficient (Wildman–Crippen LogP) is 11.3. The van der Waals surface area contributed by atoms with E-state index in [1.54, 1.807) is 0 Å². The maximum Gasteiger partial charge on any atom is 0.164 e. The Kier molecular flexibility index (Phi) is 6.43. The van der Waals surface area contributed by atoms with E-state index < -0.39 is 0 Å². The summed E-state index contributed by atoms with van der Waals surface area (Å²) >= 11 is 0. The Morgan fingerprint density at radius 2 is 0.830 bits per heavy atom. The molecular weight excluding hydrogens is 574 g/mol. The molecule has 9 rings (SSSR count). The van der Waals surface area contributed by atoms with E-state index in [1.807, 2.05) is 72.8 Å². The van der Waals surface area contributed by atoms with Gasteiger partial charge in [0.2, 0.25) is 0 Å². The van der Waals surface area contributed by atoms with Crippen LogP contribution in [0.3, 0.4) is 0 Å². The highest BCUT2D eigenvalue weighted by atomic mass is 16.3. The average Bonchev–Trinajstić information content (AvgIpc) is 3.54. The first kappa shape index (κ1) is 27.0. The van der Waals surface area contributed by atoms with Crippen molar-refractivity contribution in [2.24, 2.45) is 0 Å². The lowest BCUT2D eigenvalue weighted by atomic mass is 9.95. The summed E-state index contributed by atoms with van der Waals surface area (Å²) in [5.74, 6) is 1.95. The molecule has 0 aliphatic rings. The van der Waals surface area contributed by atoms with Crippen LogP contribution in [-0.2, 0) is 0 Å². The van der Waals surface area contributed by atoms with Crippen molar-refractivity contribution < 1.29 is 4.42 Å². The molecule has 7 aromatic carbocycles. The standard InChI is InChI=1S/C43H27N3O/c1-3-11-28(12-4-1)41-44-42(29-13-5-2-6-14-29)46-43(45-41)35-18-10-17-32(27-35)30-15-9-16-31(25-30)33-21-23-36-34(26-33)22-24-39-40(36)37-19-7-8-20-38(37)47-39/h1-27H. The van der Waals surface area contributed by atoms with Gasteiger partial charge < -0.3 is 4.42 Å². The van der Waals surface area contributed by atoms with Crippen LogP contribution in [0.1, 0.15) is 0 Å². The number of nitrogens with zero attached hydrogens (tertiary/aromatic N) is 3. The third kappa shape index (κ3) is 4.93. The first-order valence-corrected chi connectivity index (χ1v) is 15.7. The lowest BCUT2D eigenvalue weighted by molar-refractivity contribution is 0.669. The molecule has 2 heterocycles. The Hall–Kier alpha value is -6.39. The molecule has 4 nitrogen and oxygen atoms in total. The summed E-state index contributed by atoms with van der Waals surface area (Å²) in [6.07, 6.45) is 0. The van der Waals surface area contributed by atoms with Gasteiger partial charge in [0.25, 0.3) is 0 Å². The summed E-state index contributed by atoms with van der Waals surface area (Å²) in [6, 6.07) is 56.5. The number of hydrogen-bond acceptors (Lipinski definition) is 4. The second-order valence-electron chi connectivity index (χ2n) is 11.7. The van der Waals surface area contributed by atoms with Crippen LogP contribution in [0.4, 0.5) is 0 Å². The van der Waals surface area contributed by atoms with E-state index in [4.69, 9.17) is 19.4 Å². The van der Waals surface area contributed by atoms with Crippen molar-refractivity contribution in [2.75, 3.05) is 0 Å². The molecule has 0 aliphatic heterocycles. The summed E-state index contributed by atoms with van der Waals surface area (Å²) in [4.78, 5) is 14.7. The van der Waals surface area contributed by atoms with Gasteiger partial charge in [0, 0.05) is 27.5 Å². The zero-order valence-corrected chi connectivity index (χ0v) is 25.3. The Morgan fingerprint density at radius 3 is 1.49 bits per heavy atom. The molecule has 0 saturated carbocycles. The molecule has 2 aromatic heterocycles. The topological polar surface area (TPSA) is 51.8 Å². The minimum Gasteiger partial charge on any atom is -0.456 e. The molecule has 47 heavy (non-hydrogen) atoms. The van der Waals surface area contributed by atoms with Crippen LogP contribution in [0.2, 0.25) is 0 Å². The maximum atomic E-state index is 6.13. The van der Waals surface area contributed by atoms with Crippen molar-refractivity contribution >= 4 is 32.7 Å². The molecule has 0 unspecified atom stereocenters. The first-order chi connectivity index (χ1) is 23.3. The fraction of sp³-hybridized carbons (Fsp3) is 0. The van der Waals surface area contributed by atoms with Crippen molar-refractivity contribution in [3.63, 3.8) is 0 Å². The molecular formula is C43H27N3O. The maximum absolute atomic E-state index is 6.13. The molecule has 0 spiro atoms. The van der Waals surface area contributed by atoms with Crippen LogP contribution in [0.5, 0.6) is 0 Å². The Balaban J connectivity index is 1.11. The van der Waals surface area contributed by atoms with E-state index in [-0.39, 0.29) is 0 Å². The van der Waals surface area contributed by atoms with Gasteiger partial charge in [-0.3, -0.25) is 0 Å². The van der Waals surface area contributed by atoms with E-state index in [2.05, 4.69) is 91.0 Å². The fourth-order valence-corrected chi connectivity index (χ4v) is 6.39. The summed E-state index contributed by atoms with van der Waals surface area (Å²) in [6.45, 7) is 0. The Labute approximate surface area is 271 Å². The molecule has 9 aromatic rings. The number of benzene rings is 7. The molecule has 0 radical (unpaired) electrons. The number of hydrogen-bond donors (Lipinski definition) is 0. The highest BCUT2D eigenvalue weighted by Crippen LogP contribution is 2.37. The van der Waals surface area contributed by atoms with Gasteiger partial charge in [-0.1, -0.05) is 133 Å². The highest BCUT2D eigenvalue weighted by molar-refractivity contribution is 6.19. The molecule has 0 saturated heterocycles. The molecule has 0 fully saturated rings. The summed E-state index contributed by atoms with van der Waals surface area (Å²) < 4.78 is 6.13. The van der Waals surface area contributed by atoms with Gasteiger partial charge in [-0.05, 0) is 63.4 Å². The van der Waals surface area contributed by atoms with Crippen LogP contribution in [0.15, 0.2) is 168 Å².